The Balaban J connectivity index is 1.75. The highest BCUT2D eigenvalue weighted by atomic mass is 35.5. The molecule has 1 heterocycles. The maximum absolute atomic E-state index is 12.6. The quantitative estimate of drug-likeness (QED) is 0.638. The van der Waals surface area contributed by atoms with Crippen molar-refractivity contribution in [2.24, 2.45) is 0 Å². The van der Waals surface area contributed by atoms with Gasteiger partial charge >= 0.3 is 0 Å². The van der Waals surface area contributed by atoms with Gasteiger partial charge in [-0.3, -0.25) is 14.2 Å². The van der Waals surface area contributed by atoms with Gasteiger partial charge in [-0.15, -0.1) is 0 Å². The molecular formula is C19H19ClN4O3S. The van der Waals surface area contributed by atoms with Crippen LogP contribution in [-0.2, 0) is 21.4 Å². The Morgan fingerprint density at radius 3 is 2.36 bits per heavy atom. The number of sulfonamides is 1. The first-order valence-electron chi connectivity index (χ1n) is 8.42. The van der Waals surface area contributed by atoms with Crippen molar-refractivity contribution < 1.29 is 13.2 Å². The summed E-state index contributed by atoms with van der Waals surface area (Å²) in [7, 11) is -3.80. The van der Waals surface area contributed by atoms with E-state index in [0.29, 0.717) is 17.3 Å². The minimum atomic E-state index is -3.80. The van der Waals surface area contributed by atoms with Crippen molar-refractivity contribution in [3.05, 3.63) is 70.9 Å². The van der Waals surface area contributed by atoms with E-state index < -0.39 is 10.0 Å². The number of anilines is 2. The summed E-state index contributed by atoms with van der Waals surface area (Å²) >= 11 is 5.90. The average Bonchev–Trinajstić information content (AvgIpc) is 2.95. The van der Waals surface area contributed by atoms with Gasteiger partial charge in [-0.25, -0.2) is 8.42 Å². The number of amides is 1. The van der Waals surface area contributed by atoms with Crippen molar-refractivity contribution in [2.75, 3.05) is 10.0 Å². The summed E-state index contributed by atoms with van der Waals surface area (Å²) in [6.07, 6.45) is 0. The lowest BCUT2D eigenvalue weighted by Gasteiger charge is -2.07. The van der Waals surface area contributed by atoms with Crippen molar-refractivity contribution in [2.45, 2.75) is 25.3 Å². The maximum atomic E-state index is 12.6. The number of halogens is 1. The molecule has 0 atom stereocenters. The Hall–Kier alpha value is -2.84. The van der Waals surface area contributed by atoms with Crippen LogP contribution in [0.25, 0.3) is 0 Å². The molecule has 0 saturated heterocycles. The first-order chi connectivity index (χ1) is 13.2. The Kier molecular flexibility index (Phi) is 5.71. The number of rotatable bonds is 6. The first-order valence-corrected chi connectivity index (χ1v) is 10.3. The molecule has 2 aromatic carbocycles. The van der Waals surface area contributed by atoms with E-state index in [1.54, 1.807) is 22.9 Å². The normalized spacial score (nSPS) is 11.2. The monoisotopic (exact) mass is 418 g/mol. The van der Waals surface area contributed by atoms with Gasteiger partial charge in [0.15, 0.2) is 5.82 Å². The van der Waals surface area contributed by atoms with Crippen LogP contribution in [0.4, 0.5) is 11.5 Å². The highest BCUT2D eigenvalue weighted by molar-refractivity contribution is 7.92. The van der Waals surface area contributed by atoms with Crippen LogP contribution in [0.15, 0.2) is 59.5 Å². The van der Waals surface area contributed by atoms with Crippen molar-refractivity contribution >= 4 is 39.0 Å². The van der Waals surface area contributed by atoms with Gasteiger partial charge in [0.05, 0.1) is 11.4 Å². The number of aromatic nitrogens is 2. The summed E-state index contributed by atoms with van der Waals surface area (Å²) in [5.41, 5.74) is 2.33. The number of benzene rings is 2. The van der Waals surface area contributed by atoms with Gasteiger partial charge in [0.1, 0.15) is 0 Å². The smallest absolute Gasteiger partial charge is 0.263 e. The molecule has 7 nitrogen and oxygen atoms in total. The zero-order valence-electron chi connectivity index (χ0n) is 15.3. The van der Waals surface area contributed by atoms with Crippen LogP contribution in [0.5, 0.6) is 0 Å². The number of hydrogen-bond acceptors (Lipinski definition) is 4. The van der Waals surface area contributed by atoms with E-state index in [4.69, 9.17) is 11.6 Å². The zero-order valence-corrected chi connectivity index (χ0v) is 16.9. The molecule has 0 unspecified atom stereocenters. The van der Waals surface area contributed by atoms with Crippen molar-refractivity contribution in [3.63, 3.8) is 0 Å². The second-order valence-corrected chi connectivity index (χ2v) is 8.38. The largest absolute Gasteiger partial charge is 0.326 e. The molecule has 146 valence electrons. The zero-order chi connectivity index (χ0) is 20.3. The van der Waals surface area contributed by atoms with E-state index in [0.717, 1.165) is 11.3 Å². The van der Waals surface area contributed by atoms with Gasteiger partial charge in [-0.1, -0.05) is 23.7 Å². The Bertz CT molecular complexity index is 1090. The Morgan fingerprint density at radius 1 is 1.11 bits per heavy atom. The molecule has 3 rings (SSSR count). The summed E-state index contributed by atoms with van der Waals surface area (Å²) in [6.45, 7) is 3.73. The third-order valence-electron chi connectivity index (χ3n) is 3.95. The predicted molar refractivity (Wildman–Crippen MR) is 109 cm³/mol. The standard InChI is InChI=1S/C19H19ClN4O3S/c1-13-11-19(22-24(13)12-15-3-5-16(20)6-4-15)23-28(26,27)18-9-7-17(8-10-18)21-14(2)25/h3-11H,12H2,1-2H3,(H,21,25)(H,22,23). The molecule has 0 aliphatic heterocycles. The van der Waals surface area contributed by atoms with Crippen molar-refractivity contribution in [1.29, 1.82) is 0 Å². The van der Waals surface area contributed by atoms with Crippen LogP contribution in [-0.4, -0.2) is 24.1 Å². The molecule has 0 saturated carbocycles. The van der Waals surface area contributed by atoms with Crippen LogP contribution in [0.3, 0.4) is 0 Å². The number of nitrogens with zero attached hydrogens (tertiary/aromatic N) is 2. The van der Waals surface area contributed by atoms with Gasteiger partial charge in [0.25, 0.3) is 10.0 Å². The summed E-state index contributed by atoms with van der Waals surface area (Å²) in [5.74, 6) is 0.00726. The van der Waals surface area contributed by atoms with E-state index >= 15 is 0 Å². The summed E-state index contributed by atoms with van der Waals surface area (Å²) in [6, 6.07) is 14.9. The molecule has 3 aromatic rings. The summed E-state index contributed by atoms with van der Waals surface area (Å²) in [5, 5.41) is 7.58. The SMILES string of the molecule is CC(=O)Nc1ccc(S(=O)(=O)Nc2cc(C)n(Cc3ccc(Cl)cc3)n2)cc1. The van der Waals surface area contributed by atoms with Crippen LogP contribution in [0.1, 0.15) is 18.2 Å². The summed E-state index contributed by atoms with van der Waals surface area (Å²) < 4.78 is 29.4. The molecule has 28 heavy (non-hydrogen) atoms. The minimum Gasteiger partial charge on any atom is -0.326 e. The lowest BCUT2D eigenvalue weighted by Crippen LogP contribution is -2.14. The van der Waals surface area contributed by atoms with Gasteiger partial charge in [0.2, 0.25) is 5.91 Å². The maximum Gasteiger partial charge on any atom is 0.263 e. The Morgan fingerprint density at radius 2 is 1.75 bits per heavy atom. The van der Waals surface area contributed by atoms with Gasteiger partial charge < -0.3 is 5.32 Å². The summed E-state index contributed by atoms with van der Waals surface area (Å²) in [4.78, 5) is 11.1. The topological polar surface area (TPSA) is 93.1 Å². The average molecular weight is 419 g/mol. The molecule has 1 amide bonds. The van der Waals surface area contributed by atoms with Gasteiger partial charge in [-0.05, 0) is 48.9 Å². The van der Waals surface area contributed by atoms with Crippen LogP contribution in [0.2, 0.25) is 5.02 Å². The Labute approximate surface area is 168 Å². The minimum absolute atomic E-state index is 0.0755. The van der Waals surface area contributed by atoms with E-state index in [2.05, 4.69) is 15.1 Å². The van der Waals surface area contributed by atoms with Crippen LogP contribution < -0.4 is 10.0 Å². The van der Waals surface area contributed by atoms with Gasteiger partial charge in [0, 0.05) is 29.4 Å². The number of aryl methyl sites for hydroxylation is 1. The number of hydrogen-bond donors (Lipinski definition) is 2. The second kappa shape index (κ2) is 8.04. The molecule has 0 bridgehead atoms. The van der Waals surface area contributed by atoms with E-state index in [9.17, 15) is 13.2 Å². The lowest BCUT2D eigenvalue weighted by atomic mass is 10.2. The van der Waals surface area contributed by atoms with Crippen LogP contribution >= 0.6 is 11.6 Å². The number of carbonyl (C=O) groups excluding carboxylic acids is 1. The molecule has 2 N–H and O–H groups in total. The fourth-order valence-electron chi connectivity index (χ4n) is 2.60. The molecule has 9 heteroatoms. The number of nitrogens with one attached hydrogen (secondary N) is 2. The lowest BCUT2D eigenvalue weighted by molar-refractivity contribution is -0.114. The van der Waals surface area contributed by atoms with Gasteiger partial charge in [-0.2, -0.15) is 5.10 Å². The highest BCUT2D eigenvalue weighted by Crippen LogP contribution is 2.19. The van der Waals surface area contributed by atoms with Crippen molar-refractivity contribution in [1.82, 2.24) is 9.78 Å². The van der Waals surface area contributed by atoms with Crippen LogP contribution in [0, 0.1) is 6.92 Å². The first kappa shape index (κ1) is 19.9. The third kappa shape index (κ3) is 4.90. The molecule has 0 fully saturated rings. The fraction of sp³-hybridized carbons (Fsp3) is 0.158. The number of carbonyl (C=O) groups is 1. The van der Waals surface area contributed by atoms with E-state index in [-0.39, 0.29) is 16.6 Å². The fourth-order valence-corrected chi connectivity index (χ4v) is 3.71. The van der Waals surface area contributed by atoms with E-state index in [1.165, 1.54) is 31.2 Å². The predicted octanol–water partition coefficient (Wildman–Crippen LogP) is 3.65. The molecule has 0 aliphatic carbocycles. The highest BCUT2D eigenvalue weighted by Gasteiger charge is 2.17. The second-order valence-electron chi connectivity index (χ2n) is 6.27. The molecule has 0 aliphatic rings. The molecule has 0 radical (unpaired) electrons. The molecule has 0 spiro atoms. The molecular weight excluding hydrogens is 400 g/mol. The third-order valence-corrected chi connectivity index (χ3v) is 5.57. The van der Waals surface area contributed by atoms with E-state index in [1.807, 2.05) is 19.1 Å². The van der Waals surface area contributed by atoms with Crippen molar-refractivity contribution in [3.8, 4) is 0 Å². The molecule has 1 aromatic heterocycles.